The fourth-order valence-electron chi connectivity index (χ4n) is 3.61. The molecule has 0 saturated carbocycles. The van der Waals surface area contributed by atoms with Gasteiger partial charge in [-0.1, -0.05) is 17.7 Å². The van der Waals surface area contributed by atoms with E-state index in [9.17, 15) is 4.79 Å². The van der Waals surface area contributed by atoms with Gasteiger partial charge in [0.1, 0.15) is 0 Å². The van der Waals surface area contributed by atoms with Crippen molar-refractivity contribution < 1.29 is 18.8 Å². The van der Waals surface area contributed by atoms with Crippen molar-refractivity contribution in [2.45, 2.75) is 64.8 Å². The maximum Gasteiger partial charge on any atom is 0.495 e. The van der Waals surface area contributed by atoms with E-state index >= 15 is 0 Å². The third kappa shape index (κ3) is 3.42. The topological polar surface area (TPSA) is 48.0 Å². The molecule has 6 heteroatoms. The summed E-state index contributed by atoms with van der Waals surface area (Å²) in [7, 11) is 1.20. The van der Waals surface area contributed by atoms with Gasteiger partial charge in [0, 0.05) is 25.8 Å². The van der Waals surface area contributed by atoms with Gasteiger partial charge in [-0.2, -0.15) is 0 Å². The molecule has 2 saturated heterocycles. The van der Waals surface area contributed by atoms with Gasteiger partial charge < -0.3 is 18.9 Å². The lowest BCUT2D eigenvalue weighted by Gasteiger charge is -2.32. The predicted molar refractivity (Wildman–Crippen MR) is 103 cm³/mol. The molecule has 5 nitrogen and oxygen atoms in total. The molecule has 1 aromatic rings. The van der Waals surface area contributed by atoms with Crippen molar-refractivity contribution in [2.75, 3.05) is 20.2 Å². The fourth-order valence-corrected chi connectivity index (χ4v) is 3.61. The Labute approximate surface area is 157 Å². The van der Waals surface area contributed by atoms with Crippen molar-refractivity contribution in [3.05, 3.63) is 29.3 Å². The number of carbonyl (C=O) groups excluding carboxylic acids is 1. The van der Waals surface area contributed by atoms with Crippen LogP contribution in [0, 0.1) is 6.92 Å². The van der Waals surface area contributed by atoms with Crippen molar-refractivity contribution in [1.29, 1.82) is 0 Å². The first-order chi connectivity index (χ1) is 12.2. The van der Waals surface area contributed by atoms with E-state index < -0.39 is 18.3 Å². The Morgan fingerprint density at radius 3 is 2.27 bits per heavy atom. The number of hydrogen-bond donors (Lipinski definition) is 0. The number of ether oxygens (including phenoxy) is 1. The minimum atomic E-state index is -0.531. The Hall–Kier alpha value is -1.37. The molecule has 1 aromatic carbocycles. The van der Waals surface area contributed by atoms with Crippen molar-refractivity contribution in [3.8, 4) is 0 Å². The van der Waals surface area contributed by atoms with Crippen LogP contribution in [0.15, 0.2) is 18.2 Å². The summed E-state index contributed by atoms with van der Waals surface area (Å²) in [5.41, 5.74) is 1.68. The van der Waals surface area contributed by atoms with Gasteiger partial charge in [0.15, 0.2) is 0 Å². The molecule has 2 aliphatic rings. The highest BCUT2D eigenvalue weighted by Gasteiger charge is 2.53. The van der Waals surface area contributed by atoms with E-state index in [0.29, 0.717) is 18.7 Å². The van der Waals surface area contributed by atoms with E-state index in [0.717, 1.165) is 23.9 Å². The van der Waals surface area contributed by atoms with Crippen LogP contribution in [-0.2, 0) is 14.0 Å². The summed E-state index contributed by atoms with van der Waals surface area (Å²) < 4.78 is 17.9. The van der Waals surface area contributed by atoms with Gasteiger partial charge in [-0.3, -0.25) is 4.79 Å². The number of benzene rings is 1. The van der Waals surface area contributed by atoms with Gasteiger partial charge in [-0.25, -0.2) is 0 Å². The Bertz CT molecular complexity index is 664. The Morgan fingerprint density at radius 1 is 1.15 bits per heavy atom. The SMILES string of the molecule is COC1CCN(C(=O)c2cccc(C)c2B2OC(C)(C)C(C)(C)O2)CC1. The van der Waals surface area contributed by atoms with Crippen LogP contribution < -0.4 is 5.46 Å². The fraction of sp³-hybridized carbons (Fsp3) is 0.650. The maximum absolute atomic E-state index is 13.2. The zero-order valence-corrected chi connectivity index (χ0v) is 16.8. The lowest BCUT2D eigenvalue weighted by atomic mass is 9.73. The lowest BCUT2D eigenvalue weighted by Crippen LogP contribution is -2.46. The van der Waals surface area contributed by atoms with Gasteiger partial charge >= 0.3 is 7.12 Å². The Balaban J connectivity index is 1.88. The van der Waals surface area contributed by atoms with Crippen molar-refractivity contribution in [2.24, 2.45) is 0 Å². The van der Waals surface area contributed by atoms with Crippen LogP contribution >= 0.6 is 0 Å². The summed E-state index contributed by atoms with van der Waals surface area (Å²) >= 11 is 0. The lowest BCUT2D eigenvalue weighted by molar-refractivity contribution is 0.00578. The molecule has 0 aromatic heterocycles. The molecular formula is C20H30BNO4. The van der Waals surface area contributed by atoms with E-state index in [4.69, 9.17) is 14.0 Å². The van der Waals surface area contributed by atoms with Crippen LogP contribution in [0.5, 0.6) is 0 Å². The summed E-state index contributed by atoms with van der Waals surface area (Å²) in [5, 5.41) is 0. The monoisotopic (exact) mass is 359 g/mol. The molecule has 0 aliphatic carbocycles. The molecule has 26 heavy (non-hydrogen) atoms. The smallest absolute Gasteiger partial charge is 0.399 e. The molecule has 3 rings (SSSR count). The minimum Gasteiger partial charge on any atom is -0.399 e. The number of likely N-dealkylation sites (tertiary alicyclic amines) is 1. The van der Waals surface area contributed by atoms with Gasteiger partial charge in [0.25, 0.3) is 5.91 Å². The molecule has 0 spiro atoms. The highest BCUT2D eigenvalue weighted by Crippen LogP contribution is 2.37. The number of piperidine rings is 1. The number of rotatable bonds is 3. The Kier molecular flexibility index (Phi) is 5.21. The summed E-state index contributed by atoms with van der Waals surface area (Å²) in [6.45, 7) is 11.6. The van der Waals surface area contributed by atoms with Crippen molar-refractivity contribution >= 4 is 18.5 Å². The average Bonchev–Trinajstić information content (AvgIpc) is 2.81. The van der Waals surface area contributed by atoms with Crippen LogP contribution in [0.25, 0.3) is 0 Å². The molecule has 2 aliphatic heterocycles. The summed E-state index contributed by atoms with van der Waals surface area (Å²) in [6, 6.07) is 5.83. The summed E-state index contributed by atoms with van der Waals surface area (Å²) in [6.07, 6.45) is 2.00. The van der Waals surface area contributed by atoms with Crippen LogP contribution in [0.3, 0.4) is 0 Å². The van der Waals surface area contributed by atoms with Crippen LogP contribution in [0.2, 0.25) is 0 Å². The standard InChI is InChI=1S/C20H30BNO4/c1-14-8-7-9-16(18(23)22-12-10-15(24-6)11-13-22)17(14)21-25-19(2,3)20(4,5)26-21/h7-9,15H,10-13H2,1-6H3. The normalized spacial score (nSPS) is 22.7. The van der Waals surface area contributed by atoms with Crippen LogP contribution in [-0.4, -0.2) is 55.4 Å². The number of methoxy groups -OCH3 is 1. The van der Waals surface area contributed by atoms with Crippen molar-refractivity contribution in [1.82, 2.24) is 4.90 Å². The number of carbonyl (C=O) groups is 1. The molecular weight excluding hydrogens is 329 g/mol. The summed E-state index contributed by atoms with van der Waals surface area (Å²) in [5.74, 6) is 0.0490. The Morgan fingerprint density at radius 2 is 1.73 bits per heavy atom. The predicted octanol–water partition coefficient (Wildman–Crippen LogP) is 2.55. The second-order valence-electron chi connectivity index (χ2n) is 8.35. The third-order valence-electron chi connectivity index (χ3n) is 6.11. The van der Waals surface area contributed by atoms with Crippen molar-refractivity contribution in [3.63, 3.8) is 0 Å². The molecule has 0 bridgehead atoms. The molecule has 0 unspecified atom stereocenters. The summed E-state index contributed by atoms with van der Waals surface area (Å²) in [4.78, 5) is 15.1. The van der Waals surface area contributed by atoms with Gasteiger partial charge in [-0.05, 0) is 59.0 Å². The van der Waals surface area contributed by atoms with E-state index in [1.165, 1.54) is 0 Å². The number of hydrogen-bond acceptors (Lipinski definition) is 4. The molecule has 0 atom stereocenters. The first kappa shape index (κ1) is 19.4. The largest absolute Gasteiger partial charge is 0.495 e. The molecule has 0 radical (unpaired) electrons. The third-order valence-corrected chi connectivity index (χ3v) is 6.11. The highest BCUT2D eigenvalue weighted by molar-refractivity contribution is 6.64. The molecule has 142 valence electrons. The van der Waals surface area contributed by atoms with E-state index in [1.54, 1.807) is 7.11 Å². The van der Waals surface area contributed by atoms with E-state index in [-0.39, 0.29) is 12.0 Å². The highest BCUT2D eigenvalue weighted by atomic mass is 16.7. The van der Waals surface area contributed by atoms with Gasteiger partial charge in [0.05, 0.1) is 17.3 Å². The van der Waals surface area contributed by atoms with Gasteiger partial charge in [-0.15, -0.1) is 0 Å². The molecule has 2 heterocycles. The second-order valence-corrected chi connectivity index (χ2v) is 8.35. The second kappa shape index (κ2) is 6.99. The van der Waals surface area contributed by atoms with Gasteiger partial charge in [0.2, 0.25) is 0 Å². The quantitative estimate of drug-likeness (QED) is 0.779. The zero-order valence-electron chi connectivity index (χ0n) is 16.8. The zero-order chi connectivity index (χ0) is 19.1. The molecule has 2 fully saturated rings. The van der Waals surface area contributed by atoms with E-state index in [2.05, 4.69) is 0 Å². The number of amides is 1. The average molecular weight is 359 g/mol. The first-order valence-electron chi connectivity index (χ1n) is 9.43. The van der Waals surface area contributed by atoms with Crippen LogP contribution in [0.4, 0.5) is 0 Å². The maximum atomic E-state index is 13.2. The van der Waals surface area contributed by atoms with E-state index in [1.807, 2.05) is 57.7 Å². The first-order valence-corrected chi connectivity index (χ1v) is 9.43. The minimum absolute atomic E-state index is 0.0490. The molecule has 0 N–H and O–H groups in total. The van der Waals surface area contributed by atoms with Crippen LogP contribution in [0.1, 0.15) is 56.5 Å². The number of nitrogens with zero attached hydrogens (tertiary/aromatic N) is 1. The molecule has 1 amide bonds. The number of aryl methyl sites for hydroxylation is 1.